The van der Waals surface area contributed by atoms with E-state index in [2.05, 4.69) is 21.4 Å². The minimum absolute atomic E-state index is 0.133. The molecular formula is C16H16F3N3. The third-order valence-corrected chi connectivity index (χ3v) is 3.88. The van der Waals surface area contributed by atoms with Crippen molar-refractivity contribution in [3.63, 3.8) is 0 Å². The van der Waals surface area contributed by atoms with Gasteiger partial charge in [0.05, 0.1) is 23.0 Å². The Kier molecular flexibility index (Phi) is 4.11. The first-order valence-corrected chi connectivity index (χ1v) is 7.23. The van der Waals surface area contributed by atoms with Gasteiger partial charge in [-0.15, -0.1) is 0 Å². The molecular weight excluding hydrogens is 291 g/mol. The van der Waals surface area contributed by atoms with Crippen LogP contribution < -0.4 is 5.32 Å². The summed E-state index contributed by atoms with van der Waals surface area (Å²) >= 11 is 0. The van der Waals surface area contributed by atoms with Gasteiger partial charge in [0.2, 0.25) is 0 Å². The minimum Gasteiger partial charge on any atom is -0.303 e. The molecule has 1 atom stereocenters. The number of aromatic nitrogens is 2. The number of pyridine rings is 2. The summed E-state index contributed by atoms with van der Waals surface area (Å²) in [6, 6.07) is 6.62. The first kappa shape index (κ1) is 15.0. The number of rotatable bonds is 3. The topological polar surface area (TPSA) is 37.8 Å². The number of fused-ring (bicyclic) bond motifs is 1. The summed E-state index contributed by atoms with van der Waals surface area (Å²) in [7, 11) is 0. The van der Waals surface area contributed by atoms with Crippen molar-refractivity contribution in [2.24, 2.45) is 0 Å². The molecule has 1 unspecified atom stereocenters. The van der Waals surface area contributed by atoms with Gasteiger partial charge in [0.25, 0.3) is 0 Å². The van der Waals surface area contributed by atoms with Gasteiger partial charge in [-0.3, -0.25) is 9.97 Å². The summed E-state index contributed by atoms with van der Waals surface area (Å²) in [5.74, 6) is 0. The Morgan fingerprint density at radius 2 is 2.05 bits per heavy atom. The molecule has 2 heterocycles. The lowest BCUT2D eigenvalue weighted by Crippen LogP contribution is -2.26. The van der Waals surface area contributed by atoms with Crippen LogP contribution in [0.1, 0.15) is 41.4 Å². The van der Waals surface area contributed by atoms with E-state index in [9.17, 15) is 13.2 Å². The summed E-state index contributed by atoms with van der Waals surface area (Å²) in [5.41, 5.74) is 2.16. The van der Waals surface area contributed by atoms with E-state index in [4.69, 9.17) is 0 Å². The first-order valence-electron chi connectivity index (χ1n) is 7.23. The fourth-order valence-electron chi connectivity index (χ4n) is 2.73. The van der Waals surface area contributed by atoms with E-state index >= 15 is 0 Å². The van der Waals surface area contributed by atoms with Gasteiger partial charge < -0.3 is 5.32 Å². The third kappa shape index (κ3) is 3.27. The number of alkyl halides is 3. The highest BCUT2D eigenvalue weighted by Gasteiger charge is 2.30. The van der Waals surface area contributed by atoms with Crippen LogP contribution in [0.2, 0.25) is 0 Å². The normalized spacial score (nSPS) is 18.0. The first-order chi connectivity index (χ1) is 10.5. The highest BCUT2D eigenvalue weighted by Crippen LogP contribution is 2.29. The number of nitrogens with zero attached hydrogens (tertiary/aromatic N) is 2. The molecule has 0 amide bonds. The van der Waals surface area contributed by atoms with Gasteiger partial charge >= 0.3 is 6.18 Å². The molecule has 0 saturated heterocycles. The van der Waals surface area contributed by atoms with E-state index in [0.717, 1.165) is 37.2 Å². The molecule has 0 fully saturated rings. The Bertz CT molecular complexity index is 638. The molecule has 3 rings (SSSR count). The fourth-order valence-corrected chi connectivity index (χ4v) is 2.73. The summed E-state index contributed by atoms with van der Waals surface area (Å²) in [4.78, 5) is 8.31. The summed E-state index contributed by atoms with van der Waals surface area (Å²) in [6.45, 7) is 0.429. The molecule has 2 aromatic heterocycles. The van der Waals surface area contributed by atoms with Gasteiger partial charge in [-0.25, -0.2) is 0 Å². The highest BCUT2D eigenvalue weighted by atomic mass is 19.4. The number of aryl methyl sites for hydroxylation is 1. The summed E-state index contributed by atoms with van der Waals surface area (Å²) in [5, 5.41) is 3.35. The predicted molar refractivity (Wildman–Crippen MR) is 76.0 cm³/mol. The van der Waals surface area contributed by atoms with Crippen LogP contribution in [0.4, 0.5) is 13.2 Å². The maximum absolute atomic E-state index is 12.5. The van der Waals surface area contributed by atoms with Gasteiger partial charge in [0.15, 0.2) is 0 Å². The molecule has 0 spiro atoms. The lowest BCUT2D eigenvalue weighted by molar-refractivity contribution is -0.137. The van der Waals surface area contributed by atoms with Crippen LogP contribution in [0.3, 0.4) is 0 Å². The Hall–Kier alpha value is -1.95. The maximum atomic E-state index is 12.5. The van der Waals surface area contributed by atoms with Crippen molar-refractivity contribution >= 4 is 0 Å². The molecule has 6 heteroatoms. The monoisotopic (exact) mass is 307 g/mol. The third-order valence-electron chi connectivity index (χ3n) is 3.88. The predicted octanol–water partition coefficient (Wildman–Crippen LogP) is 3.66. The van der Waals surface area contributed by atoms with Crippen LogP contribution in [0.15, 0.2) is 36.7 Å². The van der Waals surface area contributed by atoms with Crippen molar-refractivity contribution in [2.45, 2.75) is 38.0 Å². The van der Waals surface area contributed by atoms with Crippen molar-refractivity contribution in [3.05, 3.63) is 59.2 Å². The average molecular weight is 307 g/mol. The molecule has 0 aromatic carbocycles. The molecule has 1 N–H and O–H groups in total. The molecule has 22 heavy (non-hydrogen) atoms. The van der Waals surface area contributed by atoms with E-state index in [1.165, 1.54) is 11.6 Å². The second kappa shape index (κ2) is 6.04. The van der Waals surface area contributed by atoms with E-state index in [-0.39, 0.29) is 6.04 Å². The summed E-state index contributed by atoms with van der Waals surface area (Å²) < 4.78 is 37.5. The Morgan fingerprint density at radius 1 is 1.18 bits per heavy atom. The number of nitrogens with one attached hydrogen (secondary N) is 1. The van der Waals surface area contributed by atoms with Crippen molar-refractivity contribution < 1.29 is 13.2 Å². The van der Waals surface area contributed by atoms with Crippen LogP contribution >= 0.6 is 0 Å². The average Bonchev–Trinajstić information content (AvgIpc) is 2.52. The fraction of sp³-hybridized carbons (Fsp3) is 0.375. The lowest BCUT2D eigenvalue weighted by atomic mass is 9.92. The van der Waals surface area contributed by atoms with Crippen LogP contribution in [-0.2, 0) is 19.1 Å². The molecule has 0 saturated carbocycles. The van der Waals surface area contributed by atoms with Crippen LogP contribution in [0.25, 0.3) is 0 Å². The molecule has 0 bridgehead atoms. The van der Waals surface area contributed by atoms with Gasteiger partial charge in [0.1, 0.15) is 0 Å². The van der Waals surface area contributed by atoms with Crippen LogP contribution in [-0.4, -0.2) is 9.97 Å². The highest BCUT2D eigenvalue weighted by molar-refractivity contribution is 5.25. The second-order valence-corrected chi connectivity index (χ2v) is 5.41. The zero-order valence-corrected chi connectivity index (χ0v) is 11.9. The molecule has 1 aliphatic rings. The van der Waals surface area contributed by atoms with Crippen molar-refractivity contribution in [1.29, 1.82) is 0 Å². The van der Waals surface area contributed by atoms with E-state index in [1.54, 1.807) is 6.20 Å². The summed E-state index contributed by atoms with van der Waals surface area (Å²) in [6.07, 6.45) is 1.39. The molecule has 0 aliphatic heterocycles. The largest absolute Gasteiger partial charge is 0.417 e. The van der Waals surface area contributed by atoms with Crippen LogP contribution in [0.5, 0.6) is 0 Å². The van der Waals surface area contributed by atoms with Crippen LogP contribution in [0, 0.1) is 0 Å². The standard InChI is InChI=1S/C16H16F3N3/c17-16(18,19)12-6-7-13(21-9-12)10-22-14-5-1-3-11-4-2-8-20-15(11)14/h2,4,6-9,14,22H,1,3,5,10H2. The van der Waals surface area contributed by atoms with Crippen molar-refractivity contribution in [3.8, 4) is 0 Å². The molecule has 3 nitrogen and oxygen atoms in total. The smallest absolute Gasteiger partial charge is 0.303 e. The zero-order valence-electron chi connectivity index (χ0n) is 11.9. The van der Waals surface area contributed by atoms with Crippen molar-refractivity contribution in [1.82, 2.24) is 15.3 Å². The van der Waals surface area contributed by atoms with Gasteiger partial charge in [0, 0.05) is 18.9 Å². The number of hydrogen-bond acceptors (Lipinski definition) is 3. The number of hydrogen-bond donors (Lipinski definition) is 1. The van der Waals surface area contributed by atoms with E-state index in [0.29, 0.717) is 12.2 Å². The van der Waals surface area contributed by atoms with E-state index < -0.39 is 11.7 Å². The van der Waals surface area contributed by atoms with Gasteiger partial charge in [-0.05, 0) is 43.0 Å². The Morgan fingerprint density at radius 3 is 2.77 bits per heavy atom. The Labute approximate surface area is 126 Å². The quantitative estimate of drug-likeness (QED) is 0.940. The zero-order chi connectivity index (χ0) is 15.6. The molecule has 2 aromatic rings. The van der Waals surface area contributed by atoms with Gasteiger partial charge in [-0.2, -0.15) is 13.2 Å². The van der Waals surface area contributed by atoms with Gasteiger partial charge in [-0.1, -0.05) is 6.07 Å². The lowest BCUT2D eigenvalue weighted by Gasteiger charge is -2.25. The molecule has 1 aliphatic carbocycles. The van der Waals surface area contributed by atoms with Crippen molar-refractivity contribution in [2.75, 3.05) is 0 Å². The SMILES string of the molecule is FC(F)(F)c1ccc(CNC2CCCc3cccnc32)nc1. The second-order valence-electron chi connectivity index (χ2n) is 5.41. The number of halogens is 3. The molecule has 0 radical (unpaired) electrons. The minimum atomic E-state index is -4.34. The van der Waals surface area contributed by atoms with E-state index in [1.807, 2.05) is 6.07 Å². The molecule has 116 valence electrons. The maximum Gasteiger partial charge on any atom is 0.417 e. The Balaban J connectivity index is 1.66.